The van der Waals surface area contributed by atoms with Crippen LogP contribution >= 0.6 is 11.6 Å². The van der Waals surface area contributed by atoms with Crippen LogP contribution in [-0.2, 0) is 0 Å². The molecule has 0 saturated heterocycles. The Bertz CT molecular complexity index is 336. The van der Waals surface area contributed by atoms with Gasteiger partial charge in [-0.2, -0.15) is 0 Å². The number of carboxylic acids is 1. The Balaban J connectivity index is 3.19. The highest BCUT2D eigenvalue weighted by Gasteiger charge is 2.09. The van der Waals surface area contributed by atoms with Crippen molar-refractivity contribution in [3.05, 3.63) is 34.3 Å². The van der Waals surface area contributed by atoms with Crippen LogP contribution in [0.5, 0.6) is 0 Å². The van der Waals surface area contributed by atoms with Gasteiger partial charge in [0.05, 0.1) is 5.56 Å². The fourth-order valence-electron chi connectivity index (χ4n) is 1.03. The molecule has 70 valence electrons. The molecule has 3 N–H and O–H groups in total. The number of carbonyl (C=O) groups is 1. The Morgan fingerprint density at radius 2 is 2.23 bits per heavy atom. The molecule has 1 atom stereocenters. The molecule has 0 aliphatic heterocycles. The number of benzene rings is 1. The molecular formula is C9H10ClNO2. The van der Waals surface area contributed by atoms with Crippen LogP contribution in [0.3, 0.4) is 0 Å². The lowest BCUT2D eigenvalue weighted by Crippen LogP contribution is -2.07. The third kappa shape index (κ3) is 2.20. The monoisotopic (exact) mass is 199 g/mol. The topological polar surface area (TPSA) is 63.3 Å². The maximum atomic E-state index is 10.6. The maximum absolute atomic E-state index is 10.6. The van der Waals surface area contributed by atoms with E-state index in [1.54, 1.807) is 13.0 Å². The van der Waals surface area contributed by atoms with Gasteiger partial charge in [-0.1, -0.05) is 11.6 Å². The van der Waals surface area contributed by atoms with E-state index in [2.05, 4.69) is 0 Å². The first kappa shape index (κ1) is 10.0. The highest BCUT2D eigenvalue weighted by molar-refractivity contribution is 6.31. The fourth-order valence-corrected chi connectivity index (χ4v) is 1.32. The summed E-state index contributed by atoms with van der Waals surface area (Å²) in [5, 5.41) is 9.20. The predicted octanol–water partition coefficient (Wildman–Crippen LogP) is 2.06. The van der Waals surface area contributed by atoms with Crippen molar-refractivity contribution in [2.75, 3.05) is 0 Å². The van der Waals surface area contributed by atoms with Crippen molar-refractivity contribution in [3.8, 4) is 0 Å². The van der Waals surface area contributed by atoms with Crippen molar-refractivity contribution in [1.29, 1.82) is 0 Å². The predicted molar refractivity (Wildman–Crippen MR) is 51.0 cm³/mol. The minimum Gasteiger partial charge on any atom is -0.478 e. The van der Waals surface area contributed by atoms with E-state index in [9.17, 15) is 4.79 Å². The molecule has 0 amide bonds. The number of nitrogens with two attached hydrogens (primary N) is 1. The SMILES string of the molecule is C[C@@H](N)c1cc(C(=O)O)ccc1Cl. The summed E-state index contributed by atoms with van der Waals surface area (Å²) in [6.07, 6.45) is 0. The van der Waals surface area contributed by atoms with Crippen molar-refractivity contribution < 1.29 is 9.90 Å². The molecule has 1 aromatic rings. The molecule has 0 radical (unpaired) electrons. The molecule has 1 rings (SSSR count). The van der Waals surface area contributed by atoms with Gasteiger partial charge in [-0.15, -0.1) is 0 Å². The first-order chi connectivity index (χ1) is 6.02. The highest BCUT2D eigenvalue weighted by atomic mass is 35.5. The zero-order chi connectivity index (χ0) is 10.0. The van der Waals surface area contributed by atoms with Crippen LogP contribution in [0.25, 0.3) is 0 Å². The minimum absolute atomic E-state index is 0.205. The largest absolute Gasteiger partial charge is 0.478 e. The van der Waals surface area contributed by atoms with E-state index in [0.29, 0.717) is 10.6 Å². The summed E-state index contributed by atoms with van der Waals surface area (Å²) in [4.78, 5) is 10.6. The summed E-state index contributed by atoms with van der Waals surface area (Å²) in [7, 11) is 0. The average molecular weight is 200 g/mol. The number of hydrogen-bond donors (Lipinski definition) is 2. The number of aromatic carboxylic acids is 1. The molecule has 0 aliphatic carbocycles. The lowest BCUT2D eigenvalue weighted by Gasteiger charge is -2.08. The van der Waals surface area contributed by atoms with E-state index in [4.69, 9.17) is 22.4 Å². The Hall–Kier alpha value is -1.06. The van der Waals surface area contributed by atoms with Gasteiger partial charge in [-0.05, 0) is 30.7 Å². The molecule has 0 unspecified atom stereocenters. The van der Waals surface area contributed by atoms with Crippen LogP contribution in [0.2, 0.25) is 5.02 Å². The standard InChI is InChI=1S/C9H10ClNO2/c1-5(11)7-4-6(9(12)13)2-3-8(7)10/h2-5H,11H2,1H3,(H,12,13)/t5-/m1/s1. The normalized spacial score (nSPS) is 12.5. The maximum Gasteiger partial charge on any atom is 0.335 e. The fraction of sp³-hybridized carbons (Fsp3) is 0.222. The van der Waals surface area contributed by atoms with Gasteiger partial charge in [0.15, 0.2) is 0 Å². The molecule has 0 spiro atoms. The Morgan fingerprint density at radius 1 is 1.62 bits per heavy atom. The van der Waals surface area contributed by atoms with Gasteiger partial charge in [0.1, 0.15) is 0 Å². The number of hydrogen-bond acceptors (Lipinski definition) is 2. The van der Waals surface area contributed by atoms with Crippen molar-refractivity contribution in [2.45, 2.75) is 13.0 Å². The van der Waals surface area contributed by atoms with Crippen LogP contribution in [-0.4, -0.2) is 11.1 Å². The van der Waals surface area contributed by atoms with E-state index in [1.807, 2.05) is 0 Å². The van der Waals surface area contributed by atoms with Crippen molar-refractivity contribution in [3.63, 3.8) is 0 Å². The van der Waals surface area contributed by atoms with Gasteiger partial charge in [0, 0.05) is 11.1 Å². The van der Waals surface area contributed by atoms with Crippen LogP contribution in [0.1, 0.15) is 28.9 Å². The molecule has 0 aromatic heterocycles. The summed E-state index contributed by atoms with van der Waals surface area (Å²) < 4.78 is 0. The third-order valence-electron chi connectivity index (χ3n) is 1.73. The van der Waals surface area contributed by atoms with Crippen LogP contribution < -0.4 is 5.73 Å². The molecule has 0 saturated carbocycles. The van der Waals surface area contributed by atoms with Crippen LogP contribution in [0.15, 0.2) is 18.2 Å². The zero-order valence-corrected chi connectivity index (χ0v) is 7.88. The molecular weight excluding hydrogens is 190 g/mol. The average Bonchev–Trinajstić information content (AvgIpc) is 2.04. The molecule has 1 aromatic carbocycles. The smallest absolute Gasteiger partial charge is 0.335 e. The quantitative estimate of drug-likeness (QED) is 0.767. The zero-order valence-electron chi connectivity index (χ0n) is 7.12. The number of halogens is 1. The van der Waals surface area contributed by atoms with Crippen molar-refractivity contribution in [2.24, 2.45) is 5.73 Å². The van der Waals surface area contributed by atoms with Gasteiger partial charge in [0.25, 0.3) is 0 Å². The Labute approximate surface area is 81.1 Å². The summed E-state index contributed by atoms with van der Waals surface area (Å²) in [6.45, 7) is 1.76. The molecule has 0 aliphatic rings. The molecule has 3 nitrogen and oxygen atoms in total. The molecule has 4 heteroatoms. The summed E-state index contributed by atoms with van der Waals surface area (Å²) in [5.74, 6) is -0.974. The third-order valence-corrected chi connectivity index (χ3v) is 2.08. The van der Waals surface area contributed by atoms with Gasteiger partial charge >= 0.3 is 5.97 Å². The van der Waals surface area contributed by atoms with Gasteiger partial charge in [0.2, 0.25) is 0 Å². The Kier molecular flexibility index (Phi) is 2.90. The molecule has 0 fully saturated rings. The second-order valence-electron chi connectivity index (χ2n) is 2.83. The van der Waals surface area contributed by atoms with Crippen LogP contribution in [0, 0.1) is 0 Å². The highest BCUT2D eigenvalue weighted by Crippen LogP contribution is 2.22. The molecule has 13 heavy (non-hydrogen) atoms. The Morgan fingerprint density at radius 3 is 2.69 bits per heavy atom. The van der Waals surface area contributed by atoms with E-state index < -0.39 is 5.97 Å². The summed E-state index contributed by atoms with van der Waals surface area (Å²) in [5.41, 5.74) is 6.47. The molecule has 0 heterocycles. The van der Waals surface area contributed by atoms with Crippen molar-refractivity contribution >= 4 is 17.6 Å². The second-order valence-corrected chi connectivity index (χ2v) is 3.24. The summed E-state index contributed by atoms with van der Waals surface area (Å²) in [6, 6.07) is 4.24. The second kappa shape index (κ2) is 3.77. The molecule has 0 bridgehead atoms. The van der Waals surface area contributed by atoms with Crippen LogP contribution in [0.4, 0.5) is 0 Å². The first-order valence-corrected chi connectivity index (χ1v) is 4.18. The van der Waals surface area contributed by atoms with E-state index >= 15 is 0 Å². The number of carboxylic acid groups (broad SMARTS) is 1. The van der Waals surface area contributed by atoms with Gasteiger partial charge in [-0.3, -0.25) is 0 Å². The first-order valence-electron chi connectivity index (χ1n) is 3.80. The van der Waals surface area contributed by atoms with Gasteiger partial charge < -0.3 is 10.8 Å². The van der Waals surface area contributed by atoms with Crippen molar-refractivity contribution in [1.82, 2.24) is 0 Å². The van der Waals surface area contributed by atoms with Gasteiger partial charge in [-0.25, -0.2) is 4.79 Å². The summed E-state index contributed by atoms with van der Waals surface area (Å²) >= 11 is 5.82. The van der Waals surface area contributed by atoms with E-state index in [-0.39, 0.29) is 11.6 Å². The lowest BCUT2D eigenvalue weighted by molar-refractivity contribution is 0.0697. The van der Waals surface area contributed by atoms with E-state index in [0.717, 1.165) is 0 Å². The number of rotatable bonds is 2. The van der Waals surface area contributed by atoms with E-state index in [1.165, 1.54) is 12.1 Å². The lowest BCUT2D eigenvalue weighted by atomic mass is 10.1. The minimum atomic E-state index is -0.974.